The molecule has 2 aromatic carbocycles. The average molecular weight is 408 g/mol. The van der Waals surface area contributed by atoms with E-state index in [1.165, 1.54) is 24.1 Å². The quantitative estimate of drug-likeness (QED) is 0.540. The van der Waals surface area contributed by atoms with Crippen molar-refractivity contribution >= 4 is 23.1 Å². The number of nitrogens with zero attached hydrogens (tertiary/aromatic N) is 1. The highest BCUT2D eigenvalue weighted by atomic mass is 35.5. The highest BCUT2D eigenvalue weighted by molar-refractivity contribution is 6.30. The van der Waals surface area contributed by atoms with E-state index in [4.69, 9.17) is 16.6 Å². The summed E-state index contributed by atoms with van der Waals surface area (Å²) in [5, 5.41) is 7.79. The molecule has 152 valence electrons. The Hall–Kier alpha value is -2.52. The zero-order valence-electron chi connectivity index (χ0n) is 17.6. The van der Waals surface area contributed by atoms with E-state index in [0.29, 0.717) is 0 Å². The van der Waals surface area contributed by atoms with Gasteiger partial charge in [0.1, 0.15) is 12.0 Å². The lowest BCUT2D eigenvalue weighted by molar-refractivity contribution is 0.594. The summed E-state index contributed by atoms with van der Waals surface area (Å²) in [5.74, 6) is 0.871. The van der Waals surface area contributed by atoms with E-state index in [0.717, 1.165) is 46.1 Å². The lowest BCUT2D eigenvalue weighted by Crippen LogP contribution is -2.34. The number of hydrogen-bond acceptors (Lipinski definition) is 3. The van der Waals surface area contributed by atoms with Crippen LogP contribution in [0.1, 0.15) is 62.9 Å². The lowest BCUT2D eigenvalue weighted by Gasteiger charge is -2.28. The molecule has 3 rings (SSSR count). The van der Waals surface area contributed by atoms with E-state index >= 15 is 0 Å². The maximum atomic E-state index is 6.06. The number of allylic oxidation sites excluding steroid dienone is 1. The summed E-state index contributed by atoms with van der Waals surface area (Å²) in [6.45, 7) is 10.8. The fourth-order valence-corrected chi connectivity index (χ4v) is 3.71. The maximum Gasteiger partial charge on any atom is 0.146 e. The minimum absolute atomic E-state index is 0.142. The maximum absolute atomic E-state index is 6.06. The Morgan fingerprint density at radius 3 is 2.55 bits per heavy atom. The molecule has 1 atom stereocenters. The van der Waals surface area contributed by atoms with Gasteiger partial charge in [-0.15, -0.1) is 0 Å². The first-order chi connectivity index (χ1) is 14.0. The number of hydrogen-bond donors (Lipinski definition) is 2. The molecule has 29 heavy (non-hydrogen) atoms. The zero-order chi connectivity index (χ0) is 20.8. The van der Waals surface area contributed by atoms with Gasteiger partial charge in [-0.1, -0.05) is 74.8 Å². The molecule has 1 aliphatic heterocycles. The molecular formula is C25H30ClN3. The van der Waals surface area contributed by atoms with Crippen LogP contribution in [0.4, 0.5) is 0 Å². The van der Waals surface area contributed by atoms with Crippen LogP contribution in [0.15, 0.2) is 71.4 Å². The molecule has 0 radical (unpaired) electrons. The predicted molar refractivity (Wildman–Crippen MR) is 125 cm³/mol. The number of benzene rings is 2. The van der Waals surface area contributed by atoms with Gasteiger partial charge < -0.3 is 10.6 Å². The first kappa shape index (κ1) is 21.2. The van der Waals surface area contributed by atoms with Gasteiger partial charge in [0.2, 0.25) is 0 Å². The van der Waals surface area contributed by atoms with Gasteiger partial charge in [0.15, 0.2) is 0 Å². The second kappa shape index (κ2) is 9.80. The van der Waals surface area contributed by atoms with E-state index < -0.39 is 0 Å². The monoisotopic (exact) mass is 407 g/mol. The van der Waals surface area contributed by atoms with E-state index in [1.807, 2.05) is 24.3 Å². The molecule has 0 aliphatic carbocycles. The van der Waals surface area contributed by atoms with Gasteiger partial charge in [-0.3, -0.25) is 0 Å². The van der Waals surface area contributed by atoms with Crippen LogP contribution in [0.3, 0.4) is 0 Å². The van der Waals surface area contributed by atoms with E-state index in [2.05, 4.69) is 62.2 Å². The summed E-state index contributed by atoms with van der Waals surface area (Å²) < 4.78 is 0. The smallest absolute Gasteiger partial charge is 0.146 e. The molecule has 4 heteroatoms. The van der Waals surface area contributed by atoms with Gasteiger partial charge in [-0.05, 0) is 49.4 Å². The summed E-state index contributed by atoms with van der Waals surface area (Å²) in [6.07, 6.45) is 4.18. The third-order valence-electron chi connectivity index (χ3n) is 5.33. The molecule has 1 aliphatic rings. The lowest BCUT2D eigenvalue weighted by atomic mass is 9.99. The first-order valence-corrected chi connectivity index (χ1v) is 10.7. The van der Waals surface area contributed by atoms with Crippen LogP contribution in [0, 0.1) is 0 Å². The third-order valence-corrected chi connectivity index (χ3v) is 5.58. The van der Waals surface area contributed by atoms with Gasteiger partial charge in [-0.25, -0.2) is 4.99 Å². The molecule has 0 aromatic heterocycles. The summed E-state index contributed by atoms with van der Waals surface area (Å²) in [4.78, 5) is 4.95. The van der Waals surface area contributed by atoms with Crippen molar-refractivity contribution in [2.75, 3.05) is 0 Å². The van der Waals surface area contributed by atoms with Crippen molar-refractivity contribution in [1.29, 1.82) is 0 Å². The summed E-state index contributed by atoms with van der Waals surface area (Å²) in [7, 11) is 0. The van der Waals surface area contributed by atoms with Crippen LogP contribution in [-0.2, 0) is 6.42 Å². The molecule has 0 spiro atoms. The van der Waals surface area contributed by atoms with E-state index in [1.54, 1.807) is 0 Å². The van der Waals surface area contributed by atoms with Crippen molar-refractivity contribution in [3.63, 3.8) is 0 Å². The van der Waals surface area contributed by atoms with Crippen molar-refractivity contribution < 1.29 is 0 Å². The second-order valence-corrected chi connectivity index (χ2v) is 7.83. The highest BCUT2D eigenvalue weighted by Crippen LogP contribution is 2.26. The summed E-state index contributed by atoms with van der Waals surface area (Å²) >= 11 is 6.06. The summed E-state index contributed by atoms with van der Waals surface area (Å²) in [5.41, 5.74) is 6.78. The Labute approximate surface area is 179 Å². The topological polar surface area (TPSA) is 36.4 Å². The predicted octanol–water partition coefficient (Wildman–Crippen LogP) is 6.63. The molecule has 2 aromatic rings. The molecule has 1 unspecified atom stereocenters. The van der Waals surface area contributed by atoms with Gasteiger partial charge in [-0.2, -0.15) is 0 Å². The average Bonchev–Trinajstić information content (AvgIpc) is 2.74. The fraction of sp³-hybridized carbons (Fsp3) is 0.320. The second-order valence-electron chi connectivity index (χ2n) is 7.40. The molecule has 3 nitrogen and oxygen atoms in total. The largest absolute Gasteiger partial charge is 0.363 e. The first-order valence-electron chi connectivity index (χ1n) is 10.4. The van der Waals surface area contributed by atoms with E-state index in [-0.39, 0.29) is 6.17 Å². The van der Waals surface area contributed by atoms with Gasteiger partial charge >= 0.3 is 0 Å². The van der Waals surface area contributed by atoms with Crippen molar-refractivity contribution in [3.8, 4) is 0 Å². The van der Waals surface area contributed by atoms with Crippen LogP contribution < -0.4 is 10.6 Å². The van der Waals surface area contributed by atoms with Crippen LogP contribution >= 0.6 is 11.6 Å². The van der Waals surface area contributed by atoms with Crippen LogP contribution in [0.25, 0.3) is 5.70 Å². The minimum Gasteiger partial charge on any atom is -0.363 e. The number of aryl methyl sites for hydroxylation is 1. The van der Waals surface area contributed by atoms with Gasteiger partial charge in [0.25, 0.3) is 0 Å². The number of amidine groups is 1. The Morgan fingerprint density at radius 2 is 1.86 bits per heavy atom. The Kier molecular flexibility index (Phi) is 7.16. The number of aliphatic imine (C=N–C) groups is 1. The number of nitrogens with one attached hydrogen (secondary N) is 2. The molecule has 0 bridgehead atoms. The standard InChI is InChI=1S/C25H30ClN3/c1-5-7-10-19-11-8-9-12-22(19)18(4)27-24-17(3)23(6-2)28-25(29-24)20-13-15-21(26)16-14-20/h8-9,11-16,25,28H,4-7,10H2,1-3H3,(H,27,29). The molecule has 0 saturated heterocycles. The van der Waals surface area contributed by atoms with Crippen LogP contribution in [0.5, 0.6) is 0 Å². The number of halogens is 1. The molecular weight excluding hydrogens is 378 g/mol. The molecule has 0 saturated carbocycles. The van der Waals surface area contributed by atoms with Crippen molar-refractivity contribution in [3.05, 3.63) is 88.1 Å². The Morgan fingerprint density at radius 1 is 1.14 bits per heavy atom. The van der Waals surface area contributed by atoms with Crippen molar-refractivity contribution in [1.82, 2.24) is 10.6 Å². The molecule has 1 heterocycles. The Bertz CT molecular complexity index is 925. The number of unbranched alkanes of at least 4 members (excludes halogenated alkanes) is 1. The minimum atomic E-state index is -0.142. The molecule has 0 fully saturated rings. The fourth-order valence-electron chi connectivity index (χ4n) is 3.58. The van der Waals surface area contributed by atoms with Crippen LogP contribution in [-0.4, -0.2) is 5.84 Å². The SMILES string of the molecule is C=C(NC1=NC(c2ccc(Cl)cc2)NC(CC)=C1C)c1ccccc1CCCC. The normalized spacial score (nSPS) is 16.3. The summed E-state index contributed by atoms with van der Waals surface area (Å²) in [6, 6.07) is 16.3. The van der Waals surface area contributed by atoms with Crippen molar-refractivity contribution in [2.24, 2.45) is 4.99 Å². The molecule has 0 amide bonds. The molecule has 2 N–H and O–H groups in total. The highest BCUT2D eigenvalue weighted by Gasteiger charge is 2.21. The van der Waals surface area contributed by atoms with Crippen molar-refractivity contribution in [2.45, 2.75) is 52.6 Å². The zero-order valence-corrected chi connectivity index (χ0v) is 18.3. The van der Waals surface area contributed by atoms with Crippen LogP contribution in [0.2, 0.25) is 5.02 Å². The Balaban J connectivity index is 1.88. The third kappa shape index (κ3) is 5.10. The number of rotatable bonds is 7. The van der Waals surface area contributed by atoms with Gasteiger partial charge in [0, 0.05) is 27.6 Å². The van der Waals surface area contributed by atoms with Gasteiger partial charge in [0.05, 0.1) is 0 Å². The van der Waals surface area contributed by atoms with E-state index in [9.17, 15) is 0 Å².